The lowest BCUT2D eigenvalue weighted by Crippen LogP contribution is -2.03. The molecule has 1 unspecified atom stereocenters. The van der Waals surface area contributed by atoms with Gasteiger partial charge in [0.05, 0.1) is 6.10 Å². The van der Waals surface area contributed by atoms with Gasteiger partial charge in [0, 0.05) is 6.42 Å². The number of hydrogen-bond donors (Lipinski definition) is 1. The fraction of sp³-hybridized carbons (Fsp3) is 0.158. The van der Waals surface area contributed by atoms with Crippen LogP contribution in [0.2, 0.25) is 0 Å². The van der Waals surface area contributed by atoms with Gasteiger partial charge in [0.1, 0.15) is 0 Å². The van der Waals surface area contributed by atoms with Crippen molar-refractivity contribution in [1.82, 2.24) is 0 Å². The van der Waals surface area contributed by atoms with E-state index in [4.69, 9.17) is 0 Å². The Balaban J connectivity index is 1.89. The van der Waals surface area contributed by atoms with Crippen molar-refractivity contribution in [3.8, 4) is 0 Å². The van der Waals surface area contributed by atoms with Crippen LogP contribution in [-0.4, -0.2) is 5.11 Å². The van der Waals surface area contributed by atoms with Gasteiger partial charge in [0.25, 0.3) is 0 Å². The predicted molar refractivity (Wildman–Crippen MR) is 83.8 cm³/mol. The lowest BCUT2D eigenvalue weighted by atomic mass is 9.96. The zero-order chi connectivity index (χ0) is 13.9. The van der Waals surface area contributed by atoms with Crippen molar-refractivity contribution >= 4 is 10.8 Å². The number of hydrogen-bond acceptors (Lipinski definition) is 1. The summed E-state index contributed by atoms with van der Waals surface area (Å²) in [7, 11) is 0. The molecule has 0 heterocycles. The van der Waals surface area contributed by atoms with Crippen LogP contribution >= 0.6 is 0 Å². The minimum absolute atomic E-state index is 0.458. The highest BCUT2D eigenvalue weighted by Crippen LogP contribution is 2.24. The molecule has 0 aliphatic rings. The van der Waals surface area contributed by atoms with E-state index >= 15 is 0 Å². The van der Waals surface area contributed by atoms with Crippen LogP contribution in [0.25, 0.3) is 10.8 Å². The van der Waals surface area contributed by atoms with E-state index in [0.29, 0.717) is 6.42 Å². The summed E-state index contributed by atoms with van der Waals surface area (Å²) in [4.78, 5) is 0. The first kappa shape index (κ1) is 12.9. The van der Waals surface area contributed by atoms with E-state index in [1.54, 1.807) is 0 Å². The van der Waals surface area contributed by atoms with Crippen LogP contribution < -0.4 is 0 Å². The lowest BCUT2D eigenvalue weighted by Gasteiger charge is -2.13. The molecule has 3 aromatic rings. The normalized spacial score (nSPS) is 12.5. The third kappa shape index (κ3) is 2.59. The topological polar surface area (TPSA) is 20.2 Å². The number of benzene rings is 3. The predicted octanol–water partition coefficient (Wildman–Crippen LogP) is 4.42. The molecule has 20 heavy (non-hydrogen) atoms. The summed E-state index contributed by atoms with van der Waals surface area (Å²) >= 11 is 0. The summed E-state index contributed by atoms with van der Waals surface area (Å²) in [5, 5.41) is 12.8. The molecule has 0 spiro atoms. The van der Waals surface area contributed by atoms with E-state index in [0.717, 1.165) is 5.56 Å². The third-order valence-corrected chi connectivity index (χ3v) is 3.83. The molecule has 0 aliphatic heterocycles. The van der Waals surface area contributed by atoms with Crippen LogP contribution in [0.4, 0.5) is 0 Å². The number of fused-ring (bicyclic) bond motifs is 1. The largest absolute Gasteiger partial charge is 0.388 e. The summed E-state index contributed by atoms with van der Waals surface area (Å²) in [5.41, 5.74) is 3.41. The molecule has 1 N–H and O–H groups in total. The first-order valence-electron chi connectivity index (χ1n) is 6.95. The summed E-state index contributed by atoms with van der Waals surface area (Å²) in [6.07, 6.45) is 0.200. The number of aliphatic hydroxyl groups excluding tert-OH is 1. The van der Waals surface area contributed by atoms with E-state index in [9.17, 15) is 5.11 Å². The molecule has 0 aromatic heterocycles. The number of aliphatic hydroxyl groups is 1. The van der Waals surface area contributed by atoms with Gasteiger partial charge in [0.2, 0.25) is 0 Å². The van der Waals surface area contributed by atoms with Gasteiger partial charge in [-0.25, -0.2) is 0 Å². The summed E-state index contributed by atoms with van der Waals surface area (Å²) in [5.74, 6) is 0. The van der Waals surface area contributed by atoms with Crippen LogP contribution in [0, 0.1) is 6.92 Å². The van der Waals surface area contributed by atoms with Crippen LogP contribution in [0.5, 0.6) is 0 Å². The van der Waals surface area contributed by atoms with Gasteiger partial charge in [-0.2, -0.15) is 0 Å². The van der Waals surface area contributed by atoms with Crippen molar-refractivity contribution < 1.29 is 5.11 Å². The maximum Gasteiger partial charge on any atom is 0.0830 e. The molecule has 3 aromatic carbocycles. The standard InChI is InChI=1S/C19H18O/c1-14-6-2-3-8-16(14)13-19(20)18-11-10-15-7-4-5-9-17(15)12-18/h2-12,19-20H,13H2,1H3. The first-order chi connectivity index (χ1) is 9.74. The van der Waals surface area contributed by atoms with E-state index in [2.05, 4.69) is 43.3 Å². The van der Waals surface area contributed by atoms with Crippen LogP contribution in [0.1, 0.15) is 22.8 Å². The maximum absolute atomic E-state index is 10.5. The quantitative estimate of drug-likeness (QED) is 0.740. The van der Waals surface area contributed by atoms with Crippen LogP contribution in [0.3, 0.4) is 0 Å². The van der Waals surface area contributed by atoms with Gasteiger partial charge in [-0.05, 0) is 40.5 Å². The zero-order valence-corrected chi connectivity index (χ0v) is 11.6. The number of rotatable bonds is 3. The van der Waals surface area contributed by atoms with Gasteiger partial charge >= 0.3 is 0 Å². The van der Waals surface area contributed by atoms with Gasteiger partial charge in [-0.1, -0.05) is 60.7 Å². The highest BCUT2D eigenvalue weighted by atomic mass is 16.3. The van der Waals surface area contributed by atoms with Gasteiger partial charge < -0.3 is 5.11 Å². The Morgan fingerprint density at radius 3 is 2.35 bits per heavy atom. The van der Waals surface area contributed by atoms with E-state index in [1.807, 2.05) is 30.3 Å². The van der Waals surface area contributed by atoms with Crippen molar-refractivity contribution in [1.29, 1.82) is 0 Å². The monoisotopic (exact) mass is 262 g/mol. The summed E-state index contributed by atoms with van der Waals surface area (Å²) in [6, 6.07) is 22.6. The highest BCUT2D eigenvalue weighted by Gasteiger charge is 2.10. The fourth-order valence-corrected chi connectivity index (χ4v) is 2.58. The molecule has 0 saturated carbocycles. The molecule has 100 valence electrons. The zero-order valence-electron chi connectivity index (χ0n) is 11.6. The molecular weight excluding hydrogens is 244 g/mol. The van der Waals surface area contributed by atoms with Crippen LogP contribution in [0.15, 0.2) is 66.7 Å². The molecule has 1 heteroatoms. The summed E-state index contributed by atoms with van der Waals surface area (Å²) < 4.78 is 0. The van der Waals surface area contributed by atoms with E-state index in [-0.39, 0.29) is 0 Å². The molecule has 0 saturated heterocycles. The van der Waals surface area contributed by atoms with Crippen molar-refractivity contribution in [3.63, 3.8) is 0 Å². The molecule has 0 amide bonds. The van der Waals surface area contributed by atoms with Gasteiger partial charge in [-0.15, -0.1) is 0 Å². The average molecular weight is 262 g/mol. The minimum atomic E-state index is -0.458. The Morgan fingerprint density at radius 1 is 0.850 bits per heavy atom. The molecule has 1 atom stereocenters. The third-order valence-electron chi connectivity index (χ3n) is 3.83. The Labute approximate surface area is 119 Å². The molecule has 0 aliphatic carbocycles. The minimum Gasteiger partial charge on any atom is -0.388 e. The van der Waals surface area contributed by atoms with Crippen molar-refractivity contribution in [2.45, 2.75) is 19.4 Å². The maximum atomic E-state index is 10.5. The first-order valence-corrected chi connectivity index (χ1v) is 6.95. The van der Waals surface area contributed by atoms with Crippen molar-refractivity contribution in [2.75, 3.05) is 0 Å². The smallest absolute Gasteiger partial charge is 0.0830 e. The second kappa shape index (κ2) is 5.48. The average Bonchev–Trinajstić information content (AvgIpc) is 2.49. The second-order valence-corrected chi connectivity index (χ2v) is 5.25. The fourth-order valence-electron chi connectivity index (χ4n) is 2.58. The molecule has 0 bridgehead atoms. The number of aryl methyl sites for hydroxylation is 1. The lowest BCUT2D eigenvalue weighted by molar-refractivity contribution is 0.178. The Bertz CT molecular complexity index is 730. The Morgan fingerprint density at radius 2 is 1.55 bits per heavy atom. The Hall–Kier alpha value is -2.12. The Kier molecular flexibility index (Phi) is 3.53. The van der Waals surface area contributed by atoms with Gasteiger partial charge in [0.15, 0.2) is 0 Å². The summed E-state index contributed by atoms with van der Waals surface area (Å²) in [6.45, 7) is 2.09. The highest BCUT2D eigenvalue weighted by molar-refractivity contribution is 5.83. The molecule has 0 radical (unpaired) electrons. The van der Waals surface area contributed by atoms with Gasteiger partial charge in [-0.3, -0.25) is 0 Å². The van der Waals surface area contributed by atoms with E-state index in [1.165, 1.54) is 21.9 Å². The molecule has 3 rings (SSSR count). The molecular formula is C19H18O. The van der Waals surface area contributed by atoms with E-state index < -0.39 is 6.10 Å². The second-order valence-electron chi connectivity index (χ2n) is 5.25. The SMILES string of the molecule is Cc1ccccc1CC(O)c1ccc2ccccc2c1. The molecule has 0 fully saturated rings. The van der Waals surface area contributed by atoms with Crippen molar-refractivity contribution in [3.05, 3.63) is 83.4 Å². The van der Waals surface area contributed by atoms with Crippen molar-refractivity contribution in [2.24, 2.45) is 0 Å². The van der Waals surface area contributed by atoms with Crippen LogP contribution in [-0.2, 0) is 6.42 Å². The molecule has 1 nitrogen and oxygen atoms in total.